The van der Waals surface area contributed by atoms with E-state index in [4.69, 9.17) is 5.26 Å². The molecule has 2 atom stereocenters. The van der Waals surface area contributed by atoms with Gasteiger partial charge in [-0.1, -0.05) is 44.2 Å². The van der Waals surface area contributed by atoms with E-state index in [-0.39, 0.29) is 6.04 Å². The van der Waals surface area contributed by atoms with Crippen molar-refractivity contribution < 1.29 is 0 Å². The Morgan fingerprint density at radius 2 is 2.11 bits per heavy atom. The van der Waals surface area contributed by atoms with Crippen molar-refractivity contribution in [1.82, 2.24) is 5.32 Å². The van der Waals surface area contributed by atoms with Gasteiger partial charge in [-0.05, 0) is 30.2 Å². The van der Waals surface area contributed by atoms with Crippen molar-refractivity contribution in [2.45, 2.75) is 51.6 Å². The van der Waals surface area contributed by atoms with Gasteiger partial charge in [0, 0.05) is 12.1 Å². The molecule has 0 radical (unpaired) electrons. The second-order valence-electron chi connectivity index (χ2n) is 6.10. The number of nitrogens with one attached hydrogen (secondary N) is 1. The Morgan fingerprint density at radius 3 is 2.67 bits per heavy atom. The molecule has 1 aromatic rings. The lowest BCUT2D eigenvalue weighted by molar-refractivity contribution is 0.353. The zero-order chi connectivity index (χ0) is 13.0. The maximum Gasteiger partial charge on any atom is 0.0641 e. The summed E-state index contributed by atoms with van der Waals surface area (Å²) in [6.45, 7) is 4.66. The summed E-state index contributed by atoms with van der Waals surface area (Å²) in [7, 11) is 0. The number of benzene rings is 1. The summed E-state index contributed by atoms with van der Waals surface area (Å²) in [6, 6.07) is 13.3. The maximum absolute atomic E-state index is 8.98. The van der Waals surface area contributed by atoms with Crippen LogP contribution in [0.3, 0.4) is 0 Å². The van der Waals surface area contributed by atoms with E-state index in [0.29, 0.717) is 17.9 Å². The lowest BCUT2D eigenvalue weighted by Crippen LogP contribution is -2.31. The summed E-state index contributed by atoms with van der Waals surface area (Å²) < 4.78 is 0. The number of rotatable bonds is 4. The molecule has 0 spiro atoms. The molecule has 18 heavy (non-hydrogen) atoms. The van der Waals surface area contributed by atoms with E-state index in [1.807, 2.05) is 18.2 Å². The topological polar surface area (TPSA) is 35.8 Å². The SMILES string of the molecule is CC1(C)CCC(NC(CC#N)c2ccccc2)C1. The first-order valence-corrected chi connectivity index (χ1v) is 6.79. The first-order valence-electron chi connectivity index (χ1n) is 6.79. The molecule has 0 aliphatic heterocycles. The zero-order valence-corrected chi connectivity index (χ0v) is 11.3. The molecule has 1 aromatic carbocycles. The van der Waals surface area contributed by atoms with Crippen molar-refractivity contribution in [3.8, 4) is 6.07 Å². The van der Waals surface area contributed by atoms with E-state index in [0.717, 1.165) is 0 Å². The minimum absolute atomic E-state index is 0.176. The van der Waals surface area contributed by atoms with Crippen LogP contribution in [0, 0.1) is 16.7 Å². The van der Waals surface area contributed by atoms with Gasteiger partial charge in [-0.15, -0.1) is 0 Å². The summed E-state index contributed by atoms with van der Waals surface area (Å²) in [6.07, 6.45) is 4.25. The van der Waals surface area contributed by atoms with Gasteiger partial charge in [-0.2, -0.15) is 5.26 Å². The van der Waals surface area contributed by atoms with Crippen LogP contribution < -0.4 is 5.32 Å². The summed E-state index contributed by atoms with van der Waals surface area (Å²) in [5, 5.41) is 12.7. The van der Waals surface area contributed by atoms with Crippen LogP contribution in [-0.4, -0.2) is 6.04 Å². The number of nitrogens with zero attached hydrogens (tertiary/aromatic N) is 1. The highest BCUT2D eigenvalue weighted by Gasteiger charge is 2.32. The van der Waals surface area contributed by atoms with E-state index in [2.05, 4.69) is 37.4 Å². The highest BCUT2D eigenvalue weighted by molar-refractivity contribution is 5.20. The molecular weight excluding hydrogens is 220 g/mol. The molecule has 1 fully saturated rings. The lowest BCUT2D eigenvalue weighted by atomic mass is 9.91. The van der Waals surface area contributed by atoms with Gasteiger partial charge < -0.3 is 5.32 Å². The number of hydrogen-bond donors (Lipinski definition) is 1. The lowest BCUT2D eigenvalue weighted by Gasteiger charge is -2.23. The predicted octanol–water partition coefficient (Wildman–Crippen LogP) is 3.81. The van der Waals surface area contributed by atoms with Gasteiger partial charge >= 0.3 is 0 Å². The fourth-order valence-corrected chi connectivity index (χ4v) is 2.91. The standard InChI is InChI=1S/C16H22N2/c1-16(2)10-8-14(12-16)18-15(9-11-17)13-6-4-3-5-7-13/h3-7,14-15,18H,8-10,12H2,1-2H3. The molecule has 0 amide bonds. The minimum Gasteiger partial charge on any atom is -0.306 e. The molecule has 2 heteroatoms. The second-order valence-corrected chi connectivity index (χ2v) is 6.10. The quantitative estimate of drug-likeness (QED) is 0.871. The van der Waals surface area contributed by atoms with Crippen molar-refractivity contribution in [1.29, 1.82) is 5.26 Å². The molecule has 2 nitrogen and oxygen atoms in total. The van der Waals surface area contributed by atoms with Gasteiger partial charge in [-0.25, -0.2) is 0 Å². The highest BCUT2D eigenvalue weighted by Crippen LogP contribution is 2.38. The molecule has 2 rings (SSSR count). The van der Waals surface area contributed by atoms with Crippen molar-refractivity contribution in [2.24, 2.45) is 5.41 Å². The van der Waals surface area contributed by atoms with Gasteiger partial charge in [0.15, 0.2) is 0 Å². The van der Waals surface area contributed by atoms with Crippen LogP contribution in [0.15, 0.2) is 30.3 Å². The van der Waals surface area contributed by atoms with Gasteiger partial charge in [0.25, 0.3) is 0 Å². The molecule has 1 aliphatic rings. The summed E-state index contributed by atoms with van der Waals surface area (Å²) in [5.41, 5.74) is 1.68. The molecule has 0 bridgehead atoms. The molecular formula is C16H22N2. The Bertz CT molecular complexity index is 416. The highest BCUT2D eigenvalue weighted by atomic mass is 15.0. The van der Waals surface area contributed by atoms with Gasteiger partial charge in [0.2, 0.25) is 0 Å². The van der Waals surface area contributed by atoms with Crippen LogP contribution in [0.1, 0.15) is 51.1 Å². The Balaban J connectivity index is 2.02. The maximum atomic E-state index is 8.98. The predicted molar refractivity (Wildman–Crippen MR) is 74.0 cm³/mol. The van der Waals surface area contributed by atoms with Crippen molar-refractivity contribution in [2.75, 3.05) is 0 Å². The molecule has 2 unspecified atom stereocenters. The molecule has 1 aliphatic carbocycles. The third kappa shape index (κ3) is 3.34. The monoisotopic (exact) mass is 242 g/mol. The van der Waals surface area contributed by atoms with Crippen LogP contribution in [0.25, 0.3) is 0 Å². The minimum atomic E-state index is 0.176. The van der Waals surface area contributed by atoms with Gasteiger partial charge in [0.1, 0.15) is 0 Å². The van der Waals surface area contributed by atoms with Crippen LogP contribution >= 0.6 is 0 Å². The van der Waals surface area contributed by atoms with Crippen LogP contribution in [-0.2, 0) is 0 Å². The molecule has 0 heterocycles. The fourth-order valence-electron chi connectivity index (χ4n) is 2.91. The smallest absolute Gasteiger partial charge is 0.0641 e. The zero-order valence-electron chi connectivity index (χ0n) is 11.3. The van der Waals surface area contributed by atoms with Crippen LogP contribution in [0.5, 0.6) is 0 Å². The molecule has 0 aromatic heterocycles. The van der Waals surface area contributed by atoms with E-state index in [9.17, 15) is 0 Å². The third-order valence-corrected chi connectivity index (χ3v) is 3.90. The third-order valence-electron chi connectivity index (χ3n) is 3.90. The summed E-state index contributed by atoms with van der Waals surface area (Å²) in [4.78, 5) is 0. The average molecular weight is 242 g/mol. The number of hydrogen-bond acceptors (Lipinski definition) is 2. The molecule has 1 N–H and O–H groups in total. The van der Waals surface area contributed by atoms with E-state index in [1.165, 1.54) is 24.8 Å². The summed E-state index contributed by atoms with van der Waals surface area (Å²) in [5.74, 6) is 0. The Morgan fingerprint density at radius 1 is 1.39 bits per heavy atom. The van der Waals surface area contributed by atoms with Crippen LogP contribution in [0.4, 0.5) is 0 Å². The molecule has 0 saturated heterocycles. The Labute approximate surface area is 110 Å². The van der Waals surface area contributed by atoms with Gasteiger partial charge in [0.05, 0.1) is 12.5 Å². The largest absolute Gasteiger partial charge is 0.306 e. The summed E-state index contributed by atoms with van der Waals surface area (Å²) >= 11 is 0. The van der Waals surface area contributed by atoms with Crippen molar-refractivity contribution in [3.63, 3.8) is 0 Å². The van der Waals surface area contributed by atoms with E-state index < -0.39 is 0 Å². The average Bonchev–Trinajstić information content (AvgIpc) is 2.69. The van der Waals surface area contributed by atoms with Crippen LogP contribution in [0.2, 0.25) is 0 Å². The van der Waals surface area contributed by atoms with Crippen molar-refractivity contribution >= 4 is 0 Å². The normalized spacial score (nSPS) is 23.5. The molecule has 1 saturated carbocycles. The van der Waals surface area contributed by atoms with Gasteiger partial charge in [-0.3, -0.25) is 0 Å². The first-order chi connectivity index (χ1) is 8.61. The fraction of sp³-hybridized carbons (Fsp3) is 0.562. The molecule has 96 valence electrons. The van der Waals surface area contributed by atoms with Crippen molar-refractivity contribution in [3.05, 3.63) is 35.9 Å². The first kappa shape index (κ1) is 13.1. The Hall–Kier alpha value is -1.33. The van der Waals surface area contributed by atoms with E-state index >= 15 is 0 Å². The second kappa shape index (κ2) is 5.54. The Kier molecular flexibility index (Phi) is 4.04. The van der Waals surface area contributed by atoms with E-state index in [1.54, 1.807) is 0 Å². The number of nitriles is 1.